The second-order valence-electron chi connectivity index (χ2n) is 9.98. The zero-order chi connectivity index (χ0) is 27.9. The van der Waals surface area contributed by atoms with Crippen LogP contribution in [0.25, 0.3) is 44.5 Å². The summed E-state index contributed by atoms with van der Waals surface area (Å²) >= 11 is 0. The fourth-order valence-corrected chi connectivity index (χ4v) is 5.17. The molecular formula is C35H24N4O2. The molecule has 6 nitrogen and oxygen atoms in total. The summed E-state index contributed by atoms with van der Waals surface area (Å²) in [6.45, 7) is 1.92. The number of aryl methyl sites for hydroxylation is 1. The van der Waals surface area contributed by atoms with Crippen molar-refractivity contribution in [2.24, 2.45) is 4.99 Å². The molecule has 196 valence electrons. The summed E-state index contributed by atoms with van der Waals surface area (Å²) in [6.07, 6.45) is 1.67. The Labute approximate surface area is 235 Å². The van der Waals surface area contributed by atoms with Crippen molar-refractivity contribution in [3.05, 3.63) is 159 Å². The van der Waals surface area contributed by atoms with Crippen LogP contribution in [0, 0.1) is 6.92 Å². The Morgan fingerprint density at radius 2 is 1.15 bits per heavy atom. The van der Waals surface area contributed by atoms with Crippen molar-refractivity contribution in [3.63, 3.8) is 0 Å². The van der Waals surface area contributed by atoms with E-state index in [1.165, 1.54) is 4.57 Å². The summed E-state index contributed by atoms with van der Waals surface area (Å²) in [5, 5.41) is 0.394. The Morgan fingerprint density at radius 3 is 1.71 bits per heavy atom. The molecule has 0 saturated heterocycles. The largest absolute Gasteiger partial charge is 0.340 e. The maximum atomic E-state index is 14.4. The van der Waals surface area contributed by atoms with Gasteiger partial charge in [0.2, 0.25) is 0 Å². The van der Waals surface area contributed by atoms with Crippen molar-refractivity contribution >= 4 is 16.6 Å². The van der Waals surface area contributed by atoms with Crippen LogP contribution in [0.3, 0.4) is 0 Å². The maximum Gasteiger partial charge on any atom is 0.340 e. The van der Waals surface area contributed by atoms with E-state index < -0.39 is 11.2 Å². The topological polar surface area (TPSA) is 69.2 Å². The smallest absolute Gasteiger partial charge is 0.268 e. The summed E-state index contributed by atoms with van der Waals surface area (Å²) in [6, 6.07) is 38.8. The number of rotatable bonds is 5. The zero-order valence-electron chi connectivity index (χ0n) is 22.2. The summed E-state index contributed by atoms with van der Waals surface area (Å²) in [4.78, 5) is 37.1. The molecule has 0 unspecified atom stereocenters. The highest BCUT2D eigenvalue weighted by Crippen LogP contribution is 2.28. The maximum absolute atomic E-state index is 14.4. The lowest BCUT2D eigenvalue weighted by Gasteiger charge is -2.17. The van der Waals surface area contributed by atoms with Crippen molar-refractivity contribution < 1.29 is 0 Å². The van der Waals surface area contributed by atoms with Gasteiger partial charge >= 0.3 is 5.69 Å². The normalized spacial score (nSPS) is 11.9. The molecule has 0 aliphatic heterocycles. The van der Waals surface area contributed by atoms with Crippen molar-refractivity contribution in [3.8, 4) is 33.6 Å². The van der Waals surface area contributed by atoms with E-state index in [1.54, 1.807) is 22.9 Å². The lowest BCUT2D eigenvalue weighted by atomic mass is 10.0. The van der Waals surface area contributed by atoms with Gasteiger partial charge in [-0.3, -0.25) is 9.36 Å². The number of nitrogens with zero attached hydrogens (tertiary/aromatic N) is 4. The van der Waals surface area contributed by atoms with E-state index >= 15 is 0 Å². The number of benzene rings is 5. The minimum absolute atomic E-state index is 0.394. The quantitative estimate of drug-likeness (QED) is 0.262. The first kappa shape index (κ1) is 24.4. The van der Waals surface area contributed by atoms with Gasteiger partial charge in [-0.2, -0.15) is 0 Å². The molecule has 5 aromatic carbocycles. The van der Waals surface area contributed by atoms with Crippen molar-refractivity contribution in [1.82, 2.24) is 14.1 Å². The van der Waals surface area contributed by atoms with E-state index in [9.17, 15) is 9.59 Å². The van der Waals surface area contributed by atoms with E-state index in [4.69, 9.17) is 0 Å². The molecule has 0 N–H and O–H groups in total. The van der Waals surface area contributed by atoms with Crippen LogP contribution in [-0.4, -0.2) is 14.1 Å². The third-order valence-corrected chi connectivity index (χ3v) is 7.27. The minimum atomic E-state index is -0.443. The standard InChI is InChI=1S/C35H24N4O2/c1-23-18-32-30(21-31(23)37-33-22-36-33)34(40)39(29-17-9-15-27(20-29)25-12-6-3-7-13-25)35(41)38(32)28-16-8-14-26(19-28)24-10-4-2-5-11-24/h2-22H,1H3. The van der Waals surface area contributed by atoms with Crippen LogP contribution < -0.4 is 16.7 Å². The monoisotopic (exact) mass is 532 g/mol. The number of hydrogen-bond acceptors (Lipinski definition) is 4. The Balaban J connectivity index is 1.53. The van der Waals surface area contributed by atoms with Gasteiger partial charge in [-0.1, -0.05) is 84.9 Å². The molecule has 0 aliphatic carbocycles. The minimum Gasteiger partial charge on any atom is -0.268 e. The molecule has 0 saturated carbocycles. The molecule has 41 heavy (non-hydrogen) atoms. The molecule has 6 heteroatoms. The van der Waals surface area contributed by atoms with Gasteiger partial charge in [-0.15, -0.1) is 0 Å². The third kappa shape index (κ3) is 4.51. The van der Waals surface area contributed by atoms with Crippen molar-refractivity contribution in [1.29, 1.82) is 0 Å². The van der Waals surface area contributed by atoms with Gasteiger partial charge in [0.15, 0.2) is 5.49 Å². The number of fused-ring (bicyclic) bond motifs is 1. The molecule has 2 heterocycles. The lowest BCUT2D eigenvalue weighted by molar-refractivity contribution is 0.834. The average molecular weight is 533 g/mol. The number of aromatic nitrogens is 3. The Hall–Kier alpha value is -5.62. The highest BCUT2D eigenvalue weighted by Gasteiger charge is 2.18. The van der Waals surface area contributed by atoms with Crippen LogP contribution in [0.2, 0.25) is 0 Å². The van der Waals surface area contributed by atoms with Crippen LogP contribution in [0.4, 0.5) is 5.69 Å². The van der Waals surface area contributed by atoms with Crippen LogP contribution in [0.15, 0.2) is 142 Å². The van der Waals surface area contributed by atoms with Gasteiger partial charge in [0.25, 0.3) is 5.56 Å². The van der Waals surface area contributed by atoms with E-state index in [-0.39, 0.29) is 0 Å². The first-order valence-corrected chi connectivity index (χ1v) is 13.3. The van der Waals surface area contributed by atoms with Gasteiger partial charge in [0.05, 0.1) is 34.2 Å². The molecule has 0 amide bonds. The molecule has 7 aromatic rings. The first-order valence-electron chi connectivity index (χ1n) is 13.3. The summed E-state index contributed by atoms with van der Waals surface area (Å²) in [7, 11) is 0. The highest BCUT2D eigenvalue weighted by atomic mass is 16.2. The lowest BCUT2D eigenvalue weighted by Crippen LogP contribution is -2.38. The predicted molar refractivity (Wildman–Crippen MR) is 163 cm³/mol. The van der Waals surface area contributed by atoms with Gasteiger partial charge in [-0.25, -0.2) is 19.3 Å². The Morgan fingerprint density at radius 1 is 0.610 bits per heavy atom. The van der Waals surface area contributed by atoms with Crippen molar-refractivity contribution in [2.75, 3.05) is 0 Å². The van der Waals surface area contributed by atoms with E-state index in [0.717, 1.165) is 27.8 Å². The molecule has 0 atom stereocenters. The van der Waals surface area contributed by atoms with Gasteiger partial charge in [-0.05, 0) is 71.1 Å². The van der Waals surface area contributed by atoms with Gasteiger partial charge < -0.3 is 0 Å². The first-order chi connectivity index (χ1) is 20.1. The fourth-order valence-electron chi connectivity index (χ4n) is 5.17. The molecule has 0 fully saturated rings. The van der Waals surface area contributed by atoms with E-state index in [2.05, 4.69) is 9.98 Å². The molecule has 0 spiro atoms. The Kier molecular flexibility index (Phi) is 5.86. The van der Waals surface area contributed by atoms with E-state index in [0.29, 0.717) is 33.5 Å². The van der Waals surface area contributed by atoms with Crippen LogP contribution in [0.1, 0.15) is 5.56 Å². The fraction of sp³-hybridized carbons (Fsp3) is 0.0286. The molecule has 7 rings (SSSR count). The molecule has 2 aromatic heterocycles. The van der Waals surface area contributed by atoms with E-state index in [1.807, 2.05) is 116 Å². The molecule has 0 aliphatic rings. The average Bonchev–Trinajstić information content (AvgIpc) is 3.84. The third-order valence-electron chi connectivity index (χ3n) is 7.27. The van der Waals surface area contributed by atoms with Crippen LogP contribution in [-0.2, 0) is 0 Å². The number of hydrogen-bond donors (Lipinski definition) is 0. The van der Waals surface area contributed by atoms with Crippen LogP contribution in [0.5, 0.6) is 0 Å². The Bertz CT molecular complexity index is 2190. The SMILES string of the molecule is Cc1cc2c(cc1N=c1cn1)c(=O)n(-c1cccc(-c3ccccc3)c1)c(=O)n2-c1cccc(-c2ccccc2)c1. The van der Waals surface area contributed by atoms with Crippen LogP contribution >= 0.6 is 0 Å². The van der Waals surface area contributed by atoms with Gasteiger partial charge in [0.1, 0.15) is 0 Å². The second kappa shape index (κ2) is 9.84. The summed E-state index contributed by atoms with van der Waals surface area (Å²) < 4.78 is 2.87. The summed E-state index contributed by atoms with van der Waals surface area (Å²) in [5.41, 5.74) is 6.88. The highest BCUT2D eigenvalue weighted by molar-refractivity contribution is 5.85. The van der Waals surface area contributed by atoms with Gasteiger partial charge in [0, 0.05) is 0 Å². The van der Waals surface area contributed by atoms with Crippen molar-refractivity contribution in [2.45, 2.75) is 6.92 Å². The molecule has 0 radical (unpaired) electrons. The zero-order valence-corrected chi connectivity index (χ0v) is 22.2. The summed E-state index contributed by atoms with van der Waals surface area (Å²) in [5.74, 6) is 0. The second-order valence-corrected chi connectivity index (χ2v) is 9.98. The predicted octanol–water partition coefficient (Wildman–Crippen LogP) is 6.29. The molecule has 0 bridgehead atoms. The molecular weight excluding hydrogens is 508 g/mol.